The number of aliphatic hydroxyl groups is 1. The second-order valence-corrected chi connectivity index (χ2v) is 5.66. The van der Waals surface area contributed by atoms with Crippen LogP contribution in [-0.2, 0) is 0 Å². The predicted octanol–water partition coefficient (Wildman–Crippen LogP) is 3.80. The van der Waals surface area contributed by atoms with Gasteiger partial charge in [-0.3, -0.25) is 0 Å². The SMILES string of the molecule is C/C(=C\CSc1ccc(C)cc1)C(C)(C)O. The molecule has 0 atom stereocenters. The molecule has 0 radical (unpaired) electrons. The number of hydrogen-bond donors (Lipinski definition) is 1. The molecular formula is C14H20OS. The van der Waals surface area contributed by atoms with Gasteiger partial charge in [-0.15, -0.1) is 11.8 Å². The first-order chi connectivity index (χ1) is 7.39. The maximum Gasteiger partial charge on any atom is 0.0798 e. The van der Waals surface area contributed by atoms with Crippen LogP contribution in [0.4, 0.5) is 0 Å². The quantitative estimate of drug-likeness (QED) is 0.634. The molecule has 0 saturated heterocycles. The highest BCUT2D eigenvalue weighted by molar-refractivity contribution is 7.99. The van der Waals surface area contributed by atoms with E-state index < -0.39 is 5.60 Å². The normalized spacial score (nSPS) is 12.9. The molecule has 0 aromatic heterocycles. The Bertz CT molecular complexity index is 357. The van der Waals surface area contributed by atoms with Crippen molar-refractivity contribution in [1.82, 2.24) is 0 Å². The molecule has 1 aromatic rings. The van der Waals surface area contributed by atoms with Crippen molar-refractivity contribution in [2.45, 2.75) is 38.2 Å². The zero-order valence-electron chi connectivity index (χ0n) is 10.4. The van der Waals surface area contributed by atoms with Crippen LogP contribution in [-0.4, -0.2) is 16.5 Å². The summed E-state index contributed by atoms with van der Waals surface area (Å²) < 4.78 is 0. The van der Waals surface area contributed by atoms with Crippen LogP contribution in [0.15, 0.2) is 40.8 Å². The zero-order valence-corrected chi connectivity index (χ0v) is 11.3. The summed E-state index contributed by atoms with van der Waals surface area (Å²) in [4.78, 5) is 1.27. The van der Waals surface area contributed by atoms with Crippen molar-refractivity contribution < 1.29 is 5.11 Å². The average Bonchev–Trinajstić information content (AvgIpc) is 2.19. The van der Waals surface area contributed by atoms with Crippen molar-refractivity contribution in [3.8, 4) is 0 Å². The number of thioether (sulfide) groups is 1. The lowest BCUT2D eigenvalue weighted by Gasteiger charge is -2.18. The van der Waals surface area contributed by atoms with Crippen LogP contribution in [0, 0.1) is 6.92 Å². The van der Waals surface area contributed by atoms with E-state index in [1.807, 2.05) is 20.8 Å². The lowest BCUT2D eigenvalue weighted by atomic mass is 10.0. The first kappa shape index (κ1) is 13.3. The average molecular weight is 236 g/mol. The summed E-state index contributed by atoms with van der Waals surface area (Å²) >= 11 is 1.79. The van der Waals surface area contributed by atoms with Gasteiger partial charge in [0.1, 0.15) is 0 Å². The van der Waals surface area contributed by atoms with Gasteiger partial charge in [0.25, 0.3) is 0 Å². The van der Waals surface area contributed by atoms with E-state index in [0.717, 1.165) is 11.3 Å². The molecule has 0 fully saturated rings. The summed E-state index contributed by atoms with van der Waals surface area (Å²) in [7, 11) is 0. The van der Waals surface area contributed by atoms with E-state index in [9.17, 15) is 5.11 Å². The highest BCUT2D eigenvalue weighted by Gasteiger charge is 2.13. The van der Waals surface area contributed by atoms with Crippen LogP contribution < -0.4 is 0 Å². The second-order valence-electron chi connectivity index (χ2n) is 4.57. The molecule has 16 heavy (non-hydrogen) atoms. The van der Waals surface area contributed by atoms with Crippen molar-refractivity contribution in [2.75, 3.05) is 5.75 Å². The topological polar surface area (TPSA) is 20.2 Å². The smallest absolute Gasteiger partial charge is 0.0798 e. The Labute approximate surface area is 103 Å². The van der Waals surface area contributed by atoms with Crippen molar-refractivity contribution in [3.05, 3.63) is 41.5 Å². The Morgan fingerprint density at radius 1 is 1.31 bits per heavy atom. The van der Waals surface area contributed by atoms with Gasteiger partial charge in [-0.05, 0) is 45.4 Å². The van der Waals surface area contributed by atoms with Gasteiger partial charge in [0.15, 0.2) is 0 Å². The second kappa shape index (κ2) is 5.55. The molecule has 0 aliphatic carbocycles. The summed E-state index contributed by atoms with van der Waals surface area (Å²) in [6, 6.07) is 8.50. The fraction of sp³-hybridized carbons (Fsp3) is 0.429. The molecule has 2 heteroatoms. The summed E-state index contributed by atoms with van der Waals surface area (Å²) in [5, 5.41) is 9.74. The van der Waals surface area contributed by atoms with Gasteiger partial charge in [0.05, 0.1) is 5.60 Å². The lowest BCUT2D eigenvalue weighted by molar-refractivity contribution is 0.120. The molecule has 0 saturated carbocycles. The van der Waals surface area contributed by atoms with Crippen LogP contribution in [0.5, 0.6) is 0 Å². The van der Waals surface area contributed by atoms with E-state index >= 15 is 0 Å². The van der Waals surface area contributed by atoms with Gasteiger partial charge in [-0.1, -0.05) is 23.8 Å². The van der Waals surface area contributed by atoms with Crippen molar-refractivity contribution in [2.24, 2.45) is 0 Å². The minimum Gasteiger partial charge on any atom is -0.386 e. The molecule has 0 aliphatic rings. The molecule has 88 valence electrons. The summed E-state index contributed by atoms with van der Waals surface area (Å²) in [5.74, 6) is 0.902. The van der Waals surface area contributed by atoms with Crippen LogP contribution >= 0.6 is 11.8 Å². The summed E-state index contributed by atoms with van der Waals surface area (Å²) in [6.45, 7) is 7.69. The molecule has 0 bridgehead atoms. The third kappa shape index (κ3) is 4.42. The highest BCUT2D eigenvalue weighted by Crippen LogP contribution is 2.21. The van der Waals surface area contributed by atoms with Gasteiger partial charge in [0.2, 0.25) is 0 Å². The molecule has 0 spiro atoms. The Kier molecular flexibility index (Phi) is 4.63. The van der Waals surface area contributed by atoms with E-state index in [4.69, 9.17) is 0 Å². The third-order valence-electron chi connectivity index (χ3n) is 2.63. The van der Waals surface area contributed by atoms with Gasteiger partial charge in [-0.25, -0.2) is 0 Å². The first-order valence-electron chi connectivity index (χ1n) is 5.48. The van der Waals surface area contributed by atoms with Gasteiger partial charge in [-0.2, -0.15) is 0 Å². The summed E-state index contributed by atoms with van der Waals surface area (Å²) in [6.07, 6.45) is 2.09. The zero-order chi connectivity index (χ0) is 12.2. The van der Waals surface area contributed by atoms with E-state index in [1.165, 1.54) is 10.5 Å². The third-order valence-corrected chi connectivity index (χ3v) is 3.56. The van der Waals surface area contributed by atoms with Gasteiger partial charge >= 0.3 is 0 Å². The van der Waals surface area contributed by atoms with Crippen LogP contribution in [0.3, 0.4) is 0 Å². The largest absolute Gasteiger partial charge is 0.386 e. The van der Waals surface area contributed by atoms with Crippen LogP contribution in [0.25, 0.3) is 0 Å². The van der Waals surface area contributed by atoms with Crippen molar-refractivity contribution >= 4 is 11.8 Å². The predicted molar refractivity (Wildman–Crippen MR) is 72.0 cm³/mol. The molecule has 1 aromatic carbocycles. The Morgan fingerprint density at radius 3 is 2.38 bits per heavy atom. The van der Waals surface area contributed by atoms with E-state index in [2.05, 4.69) is 37.3 Å². The van der Waals surface area contributed by atoms with Crippen molar-refractivity contribution in [3.63, 3.8) is 0 Å². The molecule has 0 aliphatic heterocycles. The van der Waals surface area contributed by atoms with E-state index in [0.29, 0.717) is 0 Å². The highest BCUT2D eigenvalue weighted by atomic mass is 32.2. The van der Waals surface area contributed by atoms with E-state index in [-0.39, 0.29) is 0 Å². The first-order valence-corrected chi connectivity index (χ1v) is 6.47. The number of rotatable bonds is 4. The fourth-order valence-corrected chi connectivity index (χ4v) is 2.00. The Hall–Kier alpha value is -0.730. The van der Waals surface area contributed by atoms with Crippen molar-refractivity contribution in [1.29, 1.82) is 0 Å². The number of benzene rings is 1. The standard InChI is InChI=1S/C14H20OS/c1-11-5-7-13(8-6-11)16-10-9-12(2)14(3,4)15/h5-9,15H,10H2,1-4H3/b12-9+. The molecular weight excluding hydrogens is 216 g/mol. The maximum atomic E-state index is 9.74. The molecule has 1 N–H and O–H groups in total. The molecule has 0 unspecified atom stereocenters. The van der Waals surface area contributed by atoms with Gasteiger partial charge in [0, 0.05) is 10.6 Å². The Balaban J connectivity index is 2.50. The van der Waals surface area contributed by atoms with Crippen LogP contribution in [0.2, 0.25) is 0 Å². The number of hydrogen-bond acceptors (Lipinski definition) is 2. The molecule has 0 amide bonds. The molecule has 1 nitrogen and oxygen atoms in total. The minimum absolute atomic E-state index is 0.701. The summed E-state index contributed by atoms with van der Waals surface area (Å²) in [5.41, 5.74) is 1.60. The minimum atomic E-state index is -0.701. The van der Waals surface area contributed by atoms with E-state index in [1.54, 1.807) is 11.8 Å². The van der Waals surface area contributed by atoms with Crippen LogP contribution in [0.1, 0.15) is 26.3 Å². The Morgan fingerprint density at radius 2 is 1.88 bits per heavy atom. The van der Waals surface area contributed by atoms with Gasteiger partial charge < -0.3 is 5.11 Å². The monoisotopic (exact) mass is 236 g/mol. The lowest BCUT2D eigenvalue weighted by Crippen LogP contribution is -2.20. The maximum absolute atomic E-state index is 9.74. The fourth-order valence-electron chi connectivity index (χ4n) is 1.15. The molecule has 1 rings (SSSR count). The molecule has 0 heterocycles. The number of aryl methyl sites for hydroxylation is 1.